The zero-order chi connectivity index (χ0) is 11.4. The highest BCUT2D eigenvalue weighted by atomic mass is 32.1. The fraction of sp³-hybridized carbons (Fsp3) is 0.0909. The van der Waals surface area contributed by atoms with Crippen LogP contribution in [0.2, 0.25) is 0 Å². The summed E-state index contributed by atoms with van der Waals surface area (Å²) in [4.78, 5) is 8.95. The molecule has 0 aromatic carbocycles. The second kappa shape index (κ2) is 4.96. The molecule has 3 nitrogen and oxygen atoms in total. The molecule has 0 atom stereocenters. The van der Waals surface area contributed by atoms with E-state index >= 15 is 0 Å². The number of hydrogen-bond donors (Lipinski definition) is 1. The van der Waals surface area contributed by atoms with Gasteiger partial charge in [-0.2, -0.15) is 0 Å². The van der Waals surface area contributed by atoms with Crippen LogP contribution in [0.15, 0.2) is 35.9 Å². The van der Waals surface area contributed by atoms with Gasteiger partial charge in [0.15, 0.2) is 0 Å². The number of nitrogens with zero attached hydrogens (tertiary/aromatic N) is 2. The molecule has 0 amide bonds. The lowest BCUT2D eigenvalue weighted by atomic mass is 10.2. The molecule has 2 rings (SSSR count). The Morgan fingerprint density at radius 2 is 2.38 bits per heavy atom. The number of aliphatic hydroxyl groups is 1. The normalized spacial score (nSPS) is 11.8. The van der Waals surface area contributed by atoms with Gasteiger partial charge in [0.2, 0.25) is 0 Å². The van der Waals surface area contributed by atoms with Gasteiger partial charge in [-0.15, -0.1) is 11.3 Å². The molecule has 5 heteroatoms. The summed E-state index contributed by atoms with van der Waals surface area (Å²) >= 11 is 1.46. The van der Waals surface area contributed by atoms with Crippen molar-refractivity contribution in [3.05, 3.63) is 41.4 Å². The summed E-state index contributed by atoms with van der Waals surface area (Å²) < 4.78 is 13.0. The first-order chi connectivity index (χ1) is 7.81. The molecule has 0 unspecified atom stereocenters. The minimum atomic E-state index is -0.588. The van der Waals surface area contributed by atoms with Crippen molar-refractivity contribution in [3.63, 3.8) is 0 Å². The lowest BCUT2D eigenvalue weighted by Gasteiger charge is -1.98. The largest absolute Gasteiger partial charge is 0.389 e. The molecule has 0 aliphatic heterocycles. The first-order valence-electron chi connectivity index (χ1n) is 4.62. The summed E-state index contributed by atoms with van der Waals surface area (Å²) in [7, 11) is 0. The van der Waals surface area contributed by atoms with Gasteiger partial charge in [0.25, 0.3) is 0 Å². The summed E-state index contributed by atoms with van der Waals surface area (Å²) in [6.45, 7) is -0.588. The van der Waals surface area contributed by atoms with Crippen LogP contribution in [0.4, 0.5) is 4.39 Å². The molecule has 2 aromatic rings. The number of hydrogen-bond acceptors (Lipinski definition) is 4. The maximum atomic E-state index is 13.0. The van der Waals surface area contributed by atoms with Crippen molar-refractivity contribution >= 4 is 17.4 Å². The quantitative estimate of drug-likeness (QED) is 0.890. The third-order valence-electron chi connectivity index (χ3n) is 1.95. The Kier molecular flexibility index (Phi) is 3.38. The van der Waals surface area contributed by atoms with E-state index in [2.05, 4.69) is 9.97 Å². The van der Waals surface area contributed by atoms with Gasteiger partial charge in [-0.1, -0.05) is 0 Å². The van der Waals surface area contributed by atoms with Crippen LogP contribution in [0.25, 0.3) is 16.6 Å². The summed E-state index contributed by atoms with van der Waals surface area (Å²) in [5, 5.41) is 10.5. The summed E-state index contributed by atoms with van der Waals surface area (Å²) in [6, 6.07) is 1.78. The van der Waals surface area contributed by atoms with Crippen molar-refractivity contribution in [1.29, 1.82) is 0 Å². The van der Waals surface area contributed by atoms with Crippen LogP contribution in [-0.4, -0.2) is 21.7 Å². The van der Waals surface area contributed by atoms with Gasteiger partial charge in [0.05, 0.1) is 23.4 Å². The fourth-order valence-electron chi connectivity index (χ4n) is 1.27. The predicted molar refractivity (Wildman–Crippen MR) is 61.5 cm³/mol. The van der Waals surface area contributed by atoms with Gasteiger partial charge >= 0.3 is 0 Å². The molecule has 0 aliphatic rings. The van der Waals surface area contributed by atoms with E-state index in [9.17, 15) is 4.39 Å². The Morgan fingerprint density at radius 1 is 1.50 bits per heavy atom. The van der Waals surface area contributed by atoms with E-state index in [1.165, 1.54) is 17.4 Å². The third-order valence-corrected chi connectivity index (χ3v) is 2.91. The average molecular weight is 236 g/mol. The van der Waals surface area contributed by atoms with E-state index in [0.29, 0.717) is 11.3 Å². The van der Waals surface area contributed by atoms with E-state index in [0.717, 1.165) is 4.88 Å². The number of aliphatic hydroxyl groups excluding tert-OH is 1. The first-order valence-corrected chi connectivity index (χ1v) is 5.50. The standard InChI is InChI=1S/C11H9FN2OS/c12-9(7-15)5-8-1-4-16-11(8)10-6-13-2-3-14-10/h1-6,15H,7H2/b9-5-. The molecule has 0 radical (unpaired) electrons. The third kappa shape index (κ3) is 2.32. The SMILES string of the molecule is OC/C(F)=C/c1ccsc1-c1cnccn1. The van der Waals surface area contributed by atoms with Crippen molar-refractivity contribution in [2.24, 2.45) is 0 Å². The highest BCUT2D eigenvalue weighted by Gasteiger charge is 2.07. The molecule has 0 aliphatic carbocycles. The monoisotopic (exact) mass is 236 g/mol. The first kappa shape index (κ1) is 10.9. The minimum absolute atomic E-state index is 0.566. The van der Waals surface area contributed by atoms with Crippen LogP contribution < -0.4 is 0 Å². The van der Waals surface area contributed by atoms with Crippen molar-refractivity contribution in [2.45, 2.75) is 0 Å². The van der Waals surface area contributed by atoms with E-state index in [4.69, 9.17) is 5.11 Å². The molecule has 2 heterocycles. The van der Waals surface area contributed by atoms with Crippen LogP contribution in [0.1, 0.15) is 5.56 Å². The fourth-order valence-corrected chi connectivity index (χ4v) is 2.11. The lowest BCUT2D eigenvalue weighted by molar-refractivity contribution is 0.300. The maximum Gasteiger partial charge on any atom is 0.126 e. The van der Waals surface area contributed by atoms with Crippen LogP contribution >= 0.6 is 11.3 Å². The van der Waals surface area contributed by atoms with Gasteiger partial charge in [-0.05, 0) is 23.1 Å². The summed E-state index contributed by atoms with van der Waals surface area (Å²) in [5.41, 5.74) is 1.41. The van der Waals surface area contributed by atoms with Gasteiger partial charge in [0.1, 0.15) is 5.83 Å². The number of rotatable bonds is 3. The Labute approximate surface area is 95.9 Å². The molecule has 0 spiro atoms. The topological polar surface area (TPSA) is 46.0 Å². The van der Waals surface area contributed by atoms with Gasteiger partial charge in [0, 0.05) is 12.4 Å². The van der Waals surface area contributed by atoms with Gasteiger partial charge in [-0.3, -0.25) is 9.97 Å². The molecule has 0 bridgehead atoms. The van der Waals surface area contributed by atoms with Crippen LogP contribution in [0.5, 0.6) is 0 Å². The average Bonchev–Trinajstić information content (AvgIpc) is 2.78. The van der Waals surface area contributed by atoms with Crippen LogP contribution in [0.3, 0.4) is 0 Å². The van der Waals surface area contributed by atoms with Gasteiger partial charge < -0.3 is 5.11 Å². The smallest absolute Gasteiger partial charge is 0.126 e. The zero-order valence-electron chi connectivity index (χ0n) is 8.30. The molecule has 0 fully saturated rings. The molecule has 16 heavy (non-hydrogen) atoms. The number of aromatic nitrogens is 2. The zero-order valence-corrected chi connectivity index (χ0v) is 9.12. The Bertz CT molecular complexity index is 496. The molecular weight excluding hydrogens is 227 g/mol. The summed E-state index contributed by atoms with van der Waals surface area (Å²) in [5.74, 6) is -0.566. The van der Waals surface area contributed by atoms with Crippen molar-refractivity contribution in [1.82, 2.24) is 9.97 Å². The molecule has 0 saturated carbocycles. The molecule has 1 N–H and O–H groups in total. The number of halogens is 1. The Hall–Kier alpha value is -1.59. The van der Waals surface area contributed by atoms with Gasteiger partial charge in [-0.25, -0.2) is 4.39 Å². The van der Waals surface area contributed by atoms with E-state index in [1.807, 2.05) is 5.38 Å². The van der Waals surface area contributed by atoms with Crippen molar-refractivity contribution < 1.29 is 9.50 Å². The van der Waals surface area contributed by atoms with Crippen LogP contribution in [-0.2, 0) is 0 Å². The second-order valence-electron chi connectivity index (χ2n) is 3.05. The highest BCUT2D eigenvalue weighted by molar-refractivity contribution is 7.13. The summed E-state index contributed by atoms with van der Waals surface area (Å²) in [6.07, 6.45) is 6.10. The second-order valence-corrected chi connectivity index (χ2v) is 3.96. The van der Waals surface area contributed by atoms with E-state index in [-0.39, 0.29) is 0 Å². The molecular formula is C11H9FN2OS. The van der Waals surface area contributed by atoms with Crippen LogP contribution in [0, 0.1) is 0 Å². The van der Waals surface area contributed by atoms with Crippen molar-refractivity contribution in [3.8, 4) is 10.6 Å². The van der Waals surface area contributed by atoms with E-state index < -0.39 is 12.4 Å². The number of thiophene rings is 1. The van der Waals surface area contributed by atoms with Crippen molar-refractivity contribution in [2.75, 3.05) is 6.61 Å². The molecule has 82 valence electrons. The predicted octanol–water partition coefficient (Wildman–Crippen LogP) is 2.51. The lowest BCUT2D eigenvalue weighted by Crippen LogP contribution is -1.85. The maximum absolute atomic E-state index is 13.0. The minimum Gasteiger partial charge on any atom is -0.389 e. The Balaban J connectivity index is 2.41. The Morgan fingerprint density at radius 3 is 3.06 bits per heavy atom. The highest BCUT2D eigenvalue weighted by Crippen LogP contribution is 2.29. The molecule has 0 saturated heterocycles. The van der Waals surface area contributed by atoms with E-state index in [1.54, 1.807) is 24.7 Å². The molecule has 2 aromatic heterocycles.